The smallest absolute Gasteiger partial charge is 0.267 e. The van der Waals surface area contributed by atoms with Gasteiger partial charge in [0.05, 0.1) is 11.4 Å². The summed E-state index contributed by atoms with van der Waals surface area (Å²) >= 11 is 4.85. The highest BCUT2D eigenvalue weighted by atomic mass is 79.9. The third kappa shape index (κ3) is 3.56. The van der Waals surface area contributed by atoms with Crippen LogP contribution in [0, 0.1) is 6.92 Å². The third-order valence-corrected chi connectivity index (χ3v) is 5.47. The molecule has 2 aromatic heterocycles. The summed E-state index contributed by atoms with van der Waals surface area (Å²) in [5, 5.41) is 7.12. The van der Waals surface area contributed by atoms with E-state index < -0.39 is 5.91 Å². The van der Waals surface area contributed by atoms with E-state index in [9.17, 15) is 4.79 Å². The van der Waals surface area contributed by atoms with Crippen LogP contribution >= 0.6 is 27.3 Å². The number of hydrogen-bond acceptors (Lipinski definition) is 4. The molecule has 0 fully saturated rings. The first-order valence-electron chi connectivity index (χ1n) is 8.20. The quantitative estimate of drug-likeness (QED) is 0.495. The first kappa shape index (κ1) is 17.6. The standard InChI is InChI=1S/C20H15BrN4OS/c1-12-2-4-13(5-3-12)16-10-18(19(22)26)25(24-16)20-23-17(11-27-20)14-6-8-15(21)9-7-14/h2-11H,1H3,(H2,22,26). The predicted octanol–water partition coefficient (Wildman–Crippen LogP) is 4.83. The van der Waals surface area contributed by atoms with Crippen molar-refractivity contribution in [3.63, 3.8) is 0 Å². The van der Waals surface area contributed by atoms with Crippen LogP contribution in [-0.4, -0.2) is 20.7 Å². The van der Waals surface area contributed by atoms with E-state index in [-0.39, 0.29) is 0 Å². The van der Waals surface area contributed by atoms with Crippen LogP contribution in [0.4, 0.5) is 0 Å². The summed E-state index contributed by atoms with van der Waals surface area (Å²) < 4.78 is 2.53. The van der Waals surface area contributed by atoms with Gasteiger partial charge in [-0.25, -0.2) is 4.98 Å². The molecule has 4 rings (SSSR count). The van der Waals surface area contributed by atoms with Crippen LogP contribution in [0.15, 0.2) is 64.5 Å². The highest BCUT2D eigenvalue weighted by Crippen LogP contribution is 2.28. The number of carbonyl (C=O) groups is 1. The molecule has 0 aliphatic carbocycles. The lowest BCUT2D eigenvalue weighted by atomic mass is 10.1. The van der Waals surface area contributed by atoms with Gasteiger partial charge in [-0.1, -0.05) is 57.9 Å². The molecule has 2 aromatic carbocycles. The van der Waals surface area contributed by atoms with Gasteiger partial charge in [-0.05, 0) is 25.1 Å². The van der Waals surface area contributed by atoms with Crippen molar-refractivity contribution in [2.45, 2.75) is 6.92 Å². The minimum atomic E-state index is -0.541. The summed E-state index contributed by atoms with van der Waals surface area (Å²) in [4.78, 5) is 16.6. The zero-order chi connectivity index (χ0) is 19.0. The van der Waals surface area contributed by atoms with Crippen LogP contribution in [0.3, 0.4) is 0 Å². The lowest BCUT2D eigenvalue weighted by Gasteiger charge is -2.00. The lowest BCUT2D eigenvalue weighted by molar-refractivity contribution is 0.0993. The number of nitrogens with two attached hydrogens (primary N) is 1. The van der Waals surface area contributed by atoms with Crippen molar-refractivity contribution >= 4 is 33.2 Å². The molecule has 0 aliphatic heterocycles. The molecule has 0 bridgehead atoms. The zero-order valence-corrected chi connectivity index (χ0v) is 16.8. The molecule has 4 aromatic rings. The van der Waals surface area contributed by atoms with E-state index in [1.807, 2.05) is 60.8 Å². The van der Waals surface area contributed by atoms with Gasteiger partial charge in [-0.2, -0.15) is 9.78 Å². The van der Waals surface area contributed by atoms with Gasteiger partial charge >= 0.3 is 0 Å². The Morgan fingerprint density at radius 3 is 2.33 bits per heavy atom. The number of primary amides is 1. The molecule has 7 heteroatoms. The summed E-state index contributed by atoms with van der Waals surface area (Å²) in [6.45, 7) is 2.02. The van der Waals surface area contributed by atoms with Crippen molar-refractivity contribution in [3.8, 4) is 27.6 Å². The van der Waals surface area contributed by atoms with Gasteiger partial charge in [0.2, 0.25) is 5.13 Å². The number of thiazole rings is 1. The Kier molecular flexibility index (Phi) is 4.63. The molecule has 134 valence electrons. The number of rotatable bonds is 4. The van der Waals surface area contributed by atoms with Crippen LogP contribution in [-0.2, 0) is 0 Å². The van der Waals surface area contributed by atoms with Gasteiger partial charge in [0, 0.05) is 21.0 Å². The molecule has 0 spiro atoms. The third-order valence-electron chi connectivity index (χ3n) is 4.12. The number of aromatic nitrogens is 3. The Hall–Kier alpha value is -2.77. The molecule has 0 atom stereocenters. The van der Waals surface area contributed by atoms with E-state index in [2.05, 4.69) is 26.0 Å². The Labute approximate surface area is 168 Å². The maximum Gasteiger partial charge on any atom is 0.267 e. The number of aryl methyl sites for hydroxylation is 1. The summed E-state index contributed by atoms with van der Waals surface area (Å²) in [6.07, 6.45) is 0. The average Bonchev–Trinajstić information content (AvgIpc) is 3.30. The number of carbonyl (C=O) groups excluding carboxylic acids is 1. The zero-order valence-electron chi connectivity index (χ0n) is 14.4. The number of hydrogen-bond donors (Lipinski definition) is 1. The van der Waals surface area contributed by atoms with Crippen molar-refractivity contribution in [3.05, 3.63) is 75.7 Å². The second-order valence-electron chi connectivity index (χ2n) is 6.08. The van der Waals surface area contributed by atoms with Crippen molar-refractivity contribution < 1.29 is 4.79 Å². The predicted molar refractivity (Wildman–Crippen MR) is 111 cm³/mol. The van der Waals surface area contributed by atoms with Gasteiger partial charge in [0.1, 0.15) is 5.69 Å². The molecular formula is C20H15BrN4OS. The maximum atomic E-state index is 11.9. The fourth-order valence-electron chi connectivity index (χ4n) is 2.68. The summed E-state index contributed by atoms with van der Waals surface area (Å²) in [5.41, 5.74) is 10.5. The molecule has 0 saturated heterocycles. The van der Waals surface area contributed by atoms with Gasteiger partial charge in [0.25, 0.3) is 5.91 Å². The van der Waals surface area contributed by atoms with Gasteiger partial charge in [0.15, 0.2) is 0 Å². The van der Waals surface area contributed by atoms with Crippen molar-refractivity contribution in [1.29, 1.82) is 0 Å². The van der Waals surface area contributed by atoms with Crippen LogP contribution < -0.4 is 5.73 Å². The Morgan fingerprint density at radius 1 is 1.04 bits per heavy atom. The Balaban J connectivity index is 1.76. The molecule has 2 N–H and O–H groups in total. The van der Waals surface area contributed by atoms with Crippen molar-refractivity contribution in [2.75, 3.05) is 0 Å². The first-order valence-corrected chi connectivity index (χ1v) is 9.87. The van der Waals surface area contributed by atoms with E-state index in [1.165, 1.54) is 16.0 Å². The van der Waals surface area contributed by atoms with E-state index in [0.717, 1.165) is 26.9 Å². The molecule has 2 heterocycles. The van der Waals surface area contributed by atoms with Crippen LogP contribution in [0.25, 0.3) is 27.6 Å². The monoisotopic (exact) mass is 438 g/mol. The van der Waals surface area contributed by atoms with E-state index in [0.29, 0.717) is 16.5 Å². The van der Waals surface area contributed by atoms with Gasteiger partial charge < -0.3 is 5.73 Å². The summed E-state index contributed by atoms with van der Waals surface area (Å²) in [7, 11) is 0. The first-order chi connectivity index (χ1) is 13.0. The van der Waals surface area contributed by atoms with Gasteiger partial charge in [-0.15, -0.1) is 11.3 Å². The van der Waals surface area contributed by atoms with Crippen LogP contribution in [0.5, 0.6) is 0 Å². The maximum absolute atomic E-state index is 11.9. The van der Waals surface area contributed by atoms with Crippen LogP contribution in [0.2, 0.25) is 0 Å². The molecule has 5 nitrogen and oxygen atoms in total. The molecule has 0 unspecified atom stereocenters. The minimum absolute atomic E-state index is 0.308. The summed E-state index contributed by atoms with van der Waals surface area (Å²) in [6, 6.07) is 17.6. The van der Waals surface area contributed by atoms with Crippen molar-refractivity contribution in [2.24, 2.45) is 5.73 Å². The second kappa shape index (κ2) is 7.09. The normalized spacial score (nSPS) is 10.9. The van der Waals surface area contributed by atoms with Crippen molar-refractivity contribution in [1.82, 2.24) is 14.8 Å². The largest absolute Gasteiger partial charge is 0.364 e. The fraction of sp³-hybridized carbons (Fsp3) is 0.0500. The van der Waals surface area contributed by atoms with Gasteiger partial charge in [-0.3, -0.25) is 4.79 Å². The fourth-order valence-corrected chi connectivity index (χ4v) is 3.74. The molecule has 27 heavy (non-hydrogen) atoms. The minimum Gasteiger partial charge on any atom is -0.364 e. The molecule has 0 saturated carbocycles. The van der Waals surface area contributed by atoms with Crippen LogP contribution in [0.1, 0.15) is 16.1 Å². The highest BCUT2D eigenvalue weighted by Gasteiger charge is 2.18. The Morgan fingerprint density at radius 2 is 1.67 bits per heavy atom. The number of nitrogens with zero attached hydrogens (tertiary/aromatic N) is 3. The lowest BCUT2D eigenvalue weighted by Crippen LogP contribution is -2.16. The van der Waals surface area contributed by atoms with E-state index >= 15 is 0 Å². The molecule has 1 amide bonds. The highest BCUT2D eigenvalue weighted by molar-refractivity contribution is 9.10. The topological polar surface area (TPSA) is 73.8 Å². The average molecular weight is 439 g/mol. The molecular weight excluding hydrogens is 424 g/mol. The Bertz CT molecular complexity index is 1110. The number of benzene rings is 2. The van der Waals surface area contributed by atoms with E-state index in [1.54, 1.807) is 6.07 Å². The molecule has 0 aliphatic rings. The second-order valence-corrected chi connectivity index (χ2v) is 7.83. The number of amides is 1. The van der Waals surface area contributed by atoms with E-state index in [4.69, 9.17) is 5.73 Å². The SMILES string of the molecule is Cc1ccc(-c2cc(C(N)=O)n(-c3nc(-c4ccc(Br)cc4)cs3)n2)cc1. The molecule has 0 radical (unpaired) electrons. The number of halogens is 1. The summed E-state index contributed by atoms with van der Waals surface area (Å²) in [5.74, 6) is -0.541.